The third-order valence-electron chi connectivity index (χ3n) is 2.18. The summed E-state index contributed by atoms with van der Waals surface area (Å²) in [6, 6.07) is 6.83. The molecule has 1 heterocycles. The van der Waals surface area contributed by atoms with Crippen molar-refractivity contribution in [2.24, 2.45) is 0 Å². The predicted octanol–water partition coefficient (Wildman–Crippen LogP) is 3.68. The Hall–Kier alpha value is -1.17. The molecule has 0 spiro atoms. The number of fused-ring (bicyclic) bond motifs is 1. The second-order valence-corrected chi connectivity index (χ2v) is 6.00. The number of alkyl halides is 3. The van der Waals surface area contributed by atoms with Gasteiger partial charge < -0.3 is 9.63 Å². The molecule has 0 unspecified atom stereocenters. The highest BCUT2D eigenvalue weighted by atomic mass is 35.6. The normalized spacial score (nSPS) is 11.7. The van der Waals surface area contributed by atoms with E-state index in [1.54, 1.807) is 24.3 Å². The van der Waals surface area contributed by atoms with E-state index in [1.807, 2.05) is 0 Å². The van der Waals surface area contributed by atoms with Crippen LogP contribution in [0.1, 0.15) is 0 Å². The number of anilines is 1. The summed E-state index contributed by atoms with van der Waals surface area (Å²) in [5.41, 5.74) is 0.461. The van der Waals surface area contributed by atoms with Gasteiger partial charge in [0.15, 0.2) is 11.4 Å². The van der Waals surface area contributed by atoms with E-state index >= 15 is 0 Å². The molecule has 0 bridgehead atoms. The molecule has 2 aromatic rings. The lowest BCUT2D eigenvalue weighted by atomic mass is 10.2. The van der Waals surface area contributed by atoms with E-state index in [1.165, 1.54) is 0 Å². The smallest absolute Gasteiger partial charge is 0.413 e. The van der Waals surface area contributed by atoms with Crippen molar-refractivity contribution in [1.29, 1.82) is 0 Å². The number of nitrogens with zero attached hydrogens (tertiary/aromatic N) is 2. The fourth-order valence-electron chi connectivity index (χ4n) is 1.48. The van der Waals surface area contributed by atoms with E-state index in [0.29, 0.717) is 11.0 Å². The van der Waals surface area contributed by atoms with Gasteiger partial charge in [0.1, 0.15) is 0 Å². The number of para-hydroxylation sites is 1. The summed E-state index contributed by atoms with van der Waals surface area (Å²) in [7, 11) is 0. The van der Waals surface area contributed by atoms with Crippen LogP contribution in [0, 0.1) is 0 Å². The number of halogens is 3. The monoisotopic (exact) mass is 308 g/mol. The summed E-state index contributed by atoms with van der Waals surface area (Å²) in [6.07, 6.45) is -1.28. The summed E-state index contributed by atoms with van der Waals surface area (Å²) < 4.78 is 3.27. The molecule has 0 aliphatic carbocycles. The van der Waals surface area contributed by atoms with Gasteiger partial charge in [0.05, 0.1) is 11.9 Å². The summed E-state index contributed by atoms with van der Waals surface area (Å²) in [6.45, 7) is -0.344. The molecule has 0 saturated heterocycles. The summed E-state index contributed by atoms with van der Waals surface area (Å²) in [5, 5.41) is 13.4. The molecular formula is C10H7Cl3N2O3. The van der Waals surface area contributed by atoms with Gasteiger partial charge in [0, 0.05) is 0 Å². The fraction of sp³-hybridized carbons (Fsp3) is 0.200. The fourth-order valence-corrected chi connectivity index (χ4v) is 1.84. The Labute approximate surface area is 117 Å². The van der Waals surface area contributed by atoms with Crippen molar-refractivity contribution in [2.75, 3.05) is 11.4 Å². The molecule has 96 valence electrons. The topological polar surface area (TPSA) is 66.6 Å². The third-order valence-corrected chi connectivity index (χ3v) is 2.54. The minimum atomic E-state index is -1.74. The number of aromatic nitrogens is 1. The minimum absolute atomic E-state index is 0.101. The lowest BCUT2D eigenvalue weighted by Crippen LogP contribution is -2.37. The number of hydrogen-bond acceptors (Lipinski definition) is 3. The average Bonchev–Trinajstić information content (AvgIpc) is 2.68. The standard InChI is InChI=1S/C10H7Cl3N2O3/c11-10(12,13)5-15(9(16)17)8-6-3-1-2-4-7(6)18-14-8/h1-4H,5H2,(H,16,17). The first kappa shape index (κ1) is 13.3. The summed E-state index contributed by atoms with van der Waals surface area (Å²) in [5.74, 6) is 0.101. The molecule has 1 amide bonds. The number of hydrogen-bond donors (Lipinski definition) is 1. The number of carbonyl (C=O) groups is 1. The van der Waals surface area contributed by atoms with E-state index in [2.05, 4.69) is 5.16 Å². The molecule has 0 saturated carbocycles. The van der Waals surface area contributed by atoms with Crippen LogP contribution >= 0.6 is 34.8 Å². The van der Waals surface area contributed by atoms with Gasteiger partial charge in [-0.25, -0.2) is 4.79 Å². The Bertz CT molecular complexity index is 579. The van der Waals surface area contributed by atoms with Gasteiger partial charge in [-0.15, -0.1) is 0 Å². The molecular weight excluding hydrogens is 302 g/mol. The van der Waals surface area contributed by atoms with Crippen molar-refractivity contribution in [3.63, 3.8) is 0 Å². The highest BCUT2D eigenvalue weighted by molar-refractivity contribution is 6.68. The van der Waals surface area contributed by atoms with Gasteiger partial charge in [-0.2, -0.15) is 0 Å². The van der Waals surface area contributed by atoms with Gasteiger partial charge in [0.25, 0.3) is 0 Å². The van der Waals surface area contributed by atoms with E-state index in [-0.39, 0.29) is 12.4 Å². The van der Waals surface area contributed by atoms with Crippen LogP contribution in [0.4, 0.5) is 10.6 Å². The molecule has 1 aromatic heterocycles. The first-order chi connectivity index (χ1) is 8.38. The maximum Gasteiger partial charge on any atom is 0.413 e. The van der Waals surface area contributed by atoms with Gasteiger partial charge in [-0.1, -0.05) is 52.1 Å². The minimum Gasteiger partial charge on any atom is -0.465 e. The lowest BCUT2D eigenvalue weighted by Gasteiger charge is -2.20. The lowest BCUT2D eigenvalue weighted by molar-refractivity contribution is 0.201. The first-order valence-corrected chi connectivity index (χ1v) is 5.93. The van der Waals surface area contributed by atoms with Crippen LogP contribution in [0.15, 0.2) is 28.8 Å². The second-order valence-electron chi connectivity index (χ2n) is 3.49. The first-order valence-electron chi connectivity index (χ1n) is 4.80. The van der Waals surface area contributed by atoms with Crippen molar-refractivity contribution in [3.8, 4) is 0 Å². The number of benzene rings is 1. The molecule has 0 atom stereocenters. The Morgan fingerprint density at radius 3 is 2.67 bits per heavy atom. The molecule has 5 nitrogen and oxygen atoms in total. The zero-order valence-electron chi connectivity index (χ0n) is 8.81. The predicted molar refractivity (Wildman–Crippen MR) is 69.7 cm³/mol. The molecule has 2 rings (SSSR count). The van der Waals surface area contributed by atoms with Crippen LogP contribution in [0.25, 0.3) is 11.0 Å². The quantitative estimate of drug-likeness (QED) is 0.859. The van der Waals surface area contributed by atoms with Gasteiger partial charge in [-0.05, 0) is 12.1 Å². The molecule has 18 heavy (non-hydrogen) atoms. The third kappa shape index (κ3) is 2.80. The zero-order valence-corrected chi connectivity index (χ0v) is 11.1. The Morgan fingerprint density at radius 2 is 2.06 bits per heavy atom. The van der Waals surface area contributed by atoms with Crippen molar-refractivity contribution >= 4 is 57.7 Å². The van der Waals surface area contributed by atoms with Crippen LogP contribution in [0.3, 0.4) is 0 Å². The van der Waals surface area contributed by atoms with Crippen LogP contribution in [0.2, 0.25) is 0 Å². The van der Waals surface area contributed by atoms with Crippen LogP contribution in [0.5, 0.6) is 0 Å². The molecule has 1 aromatic carbocycles. The molecule has 0 fully saturated rings. The number of amides is 1. The highest BCUT2D eigenvalue weighted by Gasteiger charge is 2.30. The van der Waals surface area contributed by atoms with E-state index in [9.17, 15) is 4.79 Å². The largest absolute Gasteiger partial charge is 0.465 e. The summed E-state index contributed by atoms with van der Waals surface area (Å²) >= 11 is 16.8. The van der Waals surface area contributed by atoms with Crippen LogP contribution < -0.4 is 4.90 Å². The molecule has 0 radical (unpaired) electrons. The summed E-state index contributed by atoms with van der Waals surface area (Å²) in [4.78, 5) is 12.0. The zero-order chi connectivity index (χ0) is 13.3. The molecule has 0 aliphatic heterocycles. The maximum atomic E-state index is 11.2. The van der Waals surface area contributed by atoms with Crippen molar-refractivity contribution in [3.05, 3.63) is 24.3 Å². The van der Waals surface area contributed by atoms with Crippen molar-refractivity contribution < 1.29 is 14.4 Å². The van der Waals surface area contributed by atoms with E-state index in [0.717, 1.165) is 4.90 Å². The Kier molecular flexibility index (Phi) is 3.56. The maximum absolute atomic E-state index is 11.2. The second kappa shape index (κ2) is 4.84. The molecule has 0 aliphatic rings. The van der Waals surface area contributed by atoms with Crippen LogP contribution in [-0.4, -0.2) is 26.7 Å². The Balaban J connectivity index is 2.45. The number of rotatable bonds is 2. The van der Waals surface area contributed by atoms with Gasteiger partial charge in [-0.3, -0.25) is 4.90 Å². The number of carboxylic acid groups (broad SMARTS) is 1. The molecule has 8 heteroatoms. The molecule has 1 N–H and O–H groups in total. The van der Waals surface area contributed by atoms with E-state index < -0.39 is 9.89 Å². The van der Waals surface area contributed by atoms with Gasteiger partial charge in [0.2, 0.25) is 3.79 Å². The van der Waals surface area contributed by atoms with Crippen molar-refractivity contribution in [1.82, 2.24) is 5.16 Å². The van der Waals surface area contributed by atoms with E-state index in [4.69, 9.17) is 44.4 Å². The van der Waals surface area contributed by atoms with Crippen molar-refractivity contribution in [2.45, 2.75) is 3.79 Å². The van der Waals surface area contributed by atoms with Gasteiger partial charge >= 0.3 is 6.09 Å². The van der Waals surface area contributed by atoms with Crippen LogP contribution in [-0.2, 0) is 0 Å². The Morgan fingerprint density at radius 1 is 1.39 bits per heavy atom. The highest BCUT2D eigenvalue weighted by Crippen LogP contribution is 2.32. The SMILES string of the molecule is O=C(O)N(CC(Cl)(Cl)Cl)c1noc2ccccc12. The average molecular weight is 310 g/mol.